The highest BCUT2D eigenvalue weighted by Crippen LogP contribution is 2.42. The molecule has 5 atom stereocenters. The van der Waals surface area contributed by atoms with Crippen LogP contribution >= 0.6 is 0 Å². The quantitative estimate of drug-likeness (QED) is 0.383. The summed E-state index contributed by atoms with van der Waals surface area (Å²) in [6.45, 7) is -2.93. The van der Waals surface area contributed by atoms with Crippen LogP contribution in [0.25, 0.3) is 0 Å². The second-order valence-corrected chi connectivity index (χ2v) is 4.59. The fourth-order valence-corrected chi connectivity index (χ4v) is 2.13. The Morgan fingerprint density at radius 3 is 2.65 bits per heavy atom. The molecule has 1 unspecified atom stereocenters. The van der Waals surface area contributed by atoms with Crippen molar-refractivity contribution in [3.05, 3.63) is 12.3 Å². The van der Waals surface area contributed by atoms with Gasteiger partial charge in [0.2, 0.25) is 12.3 Å². The molecule has 1 amide bonds. The smallest absolute Gasteiger partial charge is 0.263 e. The first kappa shape index (κ1) is 15.1. The van der Waals surface area contributed by atoms with Crippen molar-refractivity contribution in [1.82, 2.24) is 10.2 Å². The van der Waals surface area contributed by atoms with Gasteiger partial charge in [0, 0.05) is 12.3 Å². The largest absolute Gasteiger partial charge is 0.390 e. The lowest BCUT2D eigenvalue weighted by Gasteiger charge is -2.39. The molecule has 114 valence electrons. The van der Waals surface area contributed by atoms with Crippen molar-refractivity contribution in [3.63, 3.8) is 0 Å². The minimum absolute atomic E-state index is 0.662. The molecule has 1 fully saturated rings. The number of ether oxygens (including phenoxy) is 1. The first-order valence-corrected chi connectivity index (χ1v) is 5.66. The molecule has 2 heterocycles. The normalized spacial score (nSPS) is 44.8. The Hall–Kier alpha value is -1.33. The van der Waals surface area contributed by atoms with Crippen LogP contribution in [-0.4, -0.2) is 74.7 Å². The highest BCUT2D eigenvalue weighted by atomic mass is 19.2. The predicted molar refractivity (Wildman–Crippen MR) is 57.9 cm³/mol. The second-order valence-electron chi connectivity index (χ2n) is 4.59. The van der Waals surface area contributed by atoms with E-state index in [0.29, 0.717) is 4.90 Å². The van der Waals surface area contributed by atoms with Gasteiger partial charge < -0.3 is 35.4 Å². The second kappa shape index (κ2) is 4.90. The number of alkyl halides is 2. The number of amides is 1. The number of nitrogens with one attached hydrogen (secondary N) is 1. The van der Waals surface area contributed by atoms with Crippen LogP contribution in [-0.2, 0) is 9.53 Å². The zero-order valence-electron chi connectivity index (χ0n) is 10.1. The van der Waals surface area contributed by atoms with E-state index in [1.54, 1.807) is 0 Å². The van der Waals surface area contributed by atoms with Crippen LogP contribution in [0.3, 0.4) is 0 Å². The highest BCUT2D eigenvalue weighted by molar-refractivity contribution is 5.88. The van der Waals surface area contributed by atoms with Crippen LogP contribution in [0, 0.1) is 0 Å². The van der Waals surface area contributed by atoms with E-state index in [1.165, 1.54) is 0 Å². The lowest BCUT2D eigenvalue weighted by Crippen LogP contribution is -2.61. The van der Waals surface area contributed by atoms with Gasteiger partial charge >= 0.3 is 0 Å². The van der Waals surface area contributed by atoms with Gasteiger partial charge in [-0.05, 0) is 0 Å². The molecule has 0 radical (unpaired) electrons. The number of aliphatic hydroxyl groups is 4. The molecule has 0 aromatic heterocycles. The average molecular weight is 296 g/mol. The maximum atomic E-state index is 14.1. The number of nitrogens with zero attached hydrogens (tertiary/aromatic N) is 1. The molecule has 0 aromatic rings. The van der Waals surface area contributed by atoms with E-state index >= 15 is 0 Å². The monoisotopic (exact) mass is 296 g/mol. The molecule has 0 aliphatic carbocycles. The molecular weight excluding hydrogens is 282 g/mol. The Balaban J connectivity index is 2.35. The highest BCUT2D eigenvalue weighted by Gasteiger charge is 2.66. The van der Waals surface area contributed by atoms with Crippen LogP contribution in [0.4, 0.5) is 8.78 Å². The van der Waals surface area contributed by atoms with Gasteiger partial charge in [0.1, 0.15) is 13.3 Å². The van der Waals surface area contributed by atoms with Crippen molar-refractivity contribution >= 4 is 5.91 Å². The Kier molecular flexibility index (Phi) is 3.69. The number of carbonyl (C=O) groups excluding carboxylic acids is 1. The van der Waals surface area contributed by atoms with E-state index in [2.05, 4.69) is 4.74 Å². The fourth-order valence-electron chi connectivity index (χ4n) is 2.13. The third kappa shape index (κ3) is 2.05. The van der Waals surface area contributed by atoms with Gasteiger partial charge in [-0.3, -0.25) is 4.79 Å². The zero-order chi connectivity index (χ0) is 15.1. The molecule has 0 aromatic carbocycles. The maximum Gasteiger partial charge on any atom is 0.263 e. The molecule has 0 saturated carbocycles. The van der Waals surface area contributed by atoms with Gasteiger partial charge in [0.15, 0.2) is 17.9 Å². The van der Waals surface area contributed by atoms with Crippen molar-refractivity contribution in [2.75, 3.05) is 13.3 Å². The van der Waals surface area contributed by atoms with Gasteiger partial charge in [-0.25, -0.2) is 8.78 Å². The standard InChI is InChI=1S/C10H14F2N2O6/c11-3-9(19)6(17)10(12,4-15)20-7(9)14-2-1-5(16)13-8(14)18/h1-2,6-8,15,17-19H,3-4H2,(H,13,16)/t6-,7+,8?,9+,10+/m0/s1. The Bertz CT molecular complexity index is 438. The molecule has 2 aliphatic rings. The molecule has 1 saturated heterocycles. The summed E-state index contributed by atoms with van der Waals surface area (Å²) >= 11 is 0. The van der Waals surface area contributed by atoms with Crippen LogP contribution in [0.5, 0.6) is 0 Å². The Labute approximate surface area is 111 Å². The summed E-state index contributed by atoms with van der Waals surface area (Å²) in [6.07, 6.45) is -4.08. The van der Waals surface area contributed by atoms with E-state index in [0.717, 1.165) is 12.3 Å². The van der Waals surface area contributed by atoms with Crippen molar-refractivity contribution < 1.29 is 38.7 Å². The SMILES string of the molecule is O=C1C=CN([C@@H]2O[C@](F)(CO)[C@@H](O)[C@]2(O)CF)C(O)N1. The number of halogens is 2. The number of aliphatic hydroxyl groups excluding tert-OH is 3. The van der Waals surface area contributed by atoms with Gasteiger partial charge in [-0.1, -0.05) is 0 Å². The fraction of sp³-hybridized carbons (Fsp3) is 0.700. The summed E-state index contributed by atoms with van der Waals surface area (Å²) in [6, 6.07) is 0. The average Bonchev–Trinajstić information content (AvgIpc) is 2.62. The molecule has 8 nitrogen and oxygen atoms in total. The van der Waals surface area contributed by atoms with E-state index < -0.39 is 49.3 Å². The Morgan fingerprint density at radius 2 is 2.15 bits per heavy atom. The van der Waals surface area contributed by atoms with Crippen LogP contribution in [0.1, 0.15) is 0 Å². The van der Waals surface area contributed by atoms with E-state index in [1.807, 2.05) is 5.32 Å². The molecule has 2 rings (SSSR count). The maximum absolute atomic E-state index is 14.1. The number of rotatable bonds is 3. The summed E-state index contributed by atoms with van der Waals surface area (Å²) in [5.74, 6) is -3.76. The van der Waals surface area contributed by atoms with Crippen molar-refractivity contribution in [2.45, 2.75) is 30.1 Å². The minimum atomic E-state index is -3.10. The molecule has 0 spiro atoms. The van der Waals surface area contributed by atoms with Crippen LogP contribution in [0.2, 0.25) is 0 Å². The Morgan fingerprint density at radius 1 is 1.50 bits per heavy atom. The van der Waals surface area contributed by atoms with Gasteiger partial charge in [0.05, 0.1) is 0 Å². The molecule has 10 heteroatoms. The number of carbonyl (C=O) groups is 1. The molecule has 5 N–H and O–H groups in total. The van der Waals surface area contributed by atoms with Gasteiger partial charge in [-0.2, -0.15) is 0 Å². The molecule has 2 aliphatic heterocycles. The first-order chi connectivity index (χ1) is 9.28. The molecular formula is C10H14F2N2O6. The van der Waals surface area contributed by atoms with Crippen molar-refractivity contribution in [2.24, 2.45) is 0 Å². The third-order valence-electron chi connectivity index (χ3n) is 3.27. The summed E-state index contributed by atoms with van der Waals surface area (Å²) in [5.41, 5.74) is -2.73. The van der Waals surface area contributed by atoms with Crippen LogP contribution < -0.4 is 5.32 Å². The first-order valence-electron chi connectivity index (χ1n) is 5.66. The van der Waals surface area contributed by atoms with E-state index in [-0.39, 0.29) is 0 Å². The minimum Gasteiger partial charge on any atom is -0.390 e. The summed E-state index contributed by atoms with van der Waals surface area (Å²) < 4.78 is 31.8. The van der Waals surface area contributed by atoms with Crippen molar-refractivity contribution in [1.29, 1.82) is 0 Å². The lowest BCUT2D eigenvalue weighted by molar-refractivity contribution is -0.229. The van der Waals surface area contributed by atoms with E-state index in [9.17, 15) is 28.9 Å². The van der Waals surface area contributed by atoms with Crippen LogP contribution in [0.15, 0.2) is 12.3 Å². The lowest BCUT2D eigenvalue weighted by atomic mass is 9.94. The molecule has 0 bridgehead atoms. The zero-order valence-corrected chi connectivity index (χ0v) is 10.1. The predicted octanol–water partition coefficient (Wildman–Crippen LogP) is -2.72. The number of hydrogen-bond acceptors (Lipinski definition) is 7. The number of hydrogen-bond donors (Lipinski definition) is 5. The topological polar surface area (TPSA) is 122 Å². The summed E-state index contributed by atoms with van der Waals surface area (Å²) in [7, 11) is 0. The van der Waals surface area contributed by atoms with E-state index in [4.69, 9.17) is 5.11 Å². The van der Waals surface area contributed by atoms with Gasteiger partial charge in [0.25, 0.3) is 5.85 Å². The third-order valence-corrected chi connectivity index (χ3v) is 3.27. The summed E-state index contributed by atoms with van der Waals surface area (Å²) in [5, 5.41) is 40.2. The van der Waals surface area contributed by atoms with Gasteiger partial charge in [-0.15, -0.1) is 0 Å². The summed E-state index contributed by atoms with van der Waals surface area (Å²) in [4.78, 5) is 11.7. The molecule has 20 heavy (non-hydrogen) atoms. The van der Waals surface area contributed by atoms with Crippen molar-refractivity contribution in [3.8, 4) is 0 Å².